The summed E-state index contributed by atoms with van der Waals surface area (Å²) in [5, 5.41) is 13.2. The van der Waals surface area contributed by atoms with Crippen molar-refractivity contribution in [3.05, 3.63) is 30.1 Å². The number of aliphatic hydroxyl groups excluding tert-OH is 1. The molecule has 0 saturated carbocycles. The van der Waals surface area contributed by atoms with Crippen LogP contribution in [-0.4, -0.2) is 55.4 Å². The molecule has 0 aliphatic heterocycles. The molecular weight excluding hydrogens is 424 g/mol. The highest BCUT2D eigenvalue weighted by Gasteiger charge is 2.08. The second kappa shape index (κ2) is 13.2. The normalized spacial score (nSPS) is 12.3. The van der Waals surface area contributed by atoms with Crippen molar-refractivity contribution in [2.24, 2.45) is 4.99 Å². The van der Waals surface area contributed by atoms with Gasteiger partial charge in [0.15, 0.2) is 5.96 Å². The smallest absolute Gasteiger partial charge is 0.193 e. The SMILES string of the molecule is CCCCN(C)C(=NCC(O)COc1ccc(F)cc1)NCC.I. The van der Waals surface area contributed by atoms with Gasteiger partial charge < -0.3 is 20.1 Å². The molecule has 0 spiro atoms. The van der Waals surface area contributed by atoms with Gasteiger partial charge in [0.1, 0.15) is 24.3 Å². The molecule has 1 atom stereocenters. The molecule has 1 rings (SSSR count). The van der Waals surface area contributed by atoms with E-state index in [-0.39, 0.29) is 42.9 Å². The summed E-state index contributed by atoms with van der Waals surface area (Å²) >= 11 is 0. The Kier molecular flexibility index (Phi) is 12.6. The van der Waals surface area contributed by atoms with E-state index >= 15 is 0 Å². The Labute approximate surface area is 161 Å². The molecule has 0 fully saturated rings. The van der Waals surface area contributed by atoms with E-state index in [2.05, 4.69) is 22.1 Å². The maximum atomic E-state index is 12.8. The van der Waals surface area contributed by atoms with E-state index < -0.39 is 6.10 Å². The molecule has 0 amide bonds. The predicted octanol–water partition coefficient (Wildman–Crippen LogP) is 2.88. The molecule has 138 valence electrons. The molecule has 5 nitrogen and oxygen atoms in total. The lowest BCUT2D eigenvalue weighted by molar-refractivity contribution is 0.114. The van der Waals surface area contributed by atoms with Gasteiger partial charge in [0, 0.05) is 20.1 Å². The molecule has 0 aliphatic rings. The van der Waals surface area contributed by atoms with E-state index in [0.29, 0.717) is 5.75 Å². The number of guanidine groups is 1. The number of nitrogens with one attached hydrogen (secondary N) is 1. The highest BCUT2D eigenvalue weighted by atomic mass is 127. The van der Waals surface area contributed by atoms with Gasteiger partial charge in [-0.1, -0.05) is 13.3 Å². The van der Waals surface area contributed by atoms with Crippen LogP contribution >= 0.6 is 24.0 Å². The van der Waals surface area contributed by atoms with Crippen molar-refractivity contribution in [3.63, 3.8) is 0 Å². The molecule has 0 bridgehead atoms. The summed E-state index contributed by atoms with van der Waals surface area (Å²) < 4.78 is 18.2. The number of hydrogen-bond donors (Lipinski definition) is 2. The van der Waals surface area contributed by atoms with Crippen LogP contribution in [0.3, 0.4) is 0 Å². The van der Waals surface area contributed by atoms with E-state index in [1.807, 2.05) is 14.0 Å². The third-order valence-corrected chi connectivity index (χ3v) is 3.25. The van der Waals surface area contributed by atoms with E-state index in [4.69, 9.17) is 4.74 Å². The highest BCUT2D eigenvalue weighted by Crippen LogP contribution is 2.11. The molecule has 0 aromatic heterocycles. The third kappa shape index (κ3) is 9.27. The van der Waals surface area contributed by atoms with Crippen molar-refractivity contribution >= 4 is 29.9 Å². The quantitative estimate of drug-likeness (QED) is 0.343. The van der Waals surface area contributed by atoms with Crippen LogP contribution in [0.15, 0.2) is 29.3 Å². The zero-order valence-electron chi connectivity index (χ0n) is 14.7. The molecule has 0 saturated heterocycles. The van der Waals surface area contributed by atoms with Crippen LogP contribution in [0.4, 0.5) is 4.39 Å². The van der Waals surface area contributed by atoms with Gasteiger partial charge in [-0.3, -0.25) is 4.99 Å². The molecule has 7 heteroatoms. The number of hydrogen-bond acceptors (Lipinski definition) is 3. The summed E-state index contributed by atoms with van der Waals surface area (Å²) in [6.45, 7) is 6.22. The first kappa shape index (κ1) is 22.9. The van der Waals surface area contributed by atoms with Gasteiger partial charge in [-0.25, -0.2) is 4.39 Å². The Bertz CT molecular complexity index is 471. The fourth-order valence-electron chi connectivity index (χ4n) is 1.94. The fourth-order valence-corrected chi connectivity index (χ4v) is 1.94. The first-order valence-electron chi connectivity index (χ1n) is 8.12. The third-order valence-electron chi connectivity index (χ3n) is 3.25. The van der Waals surface area contributed by atoms with Crippen molar-refractivity contribution in [2.45, 2.75) is 32.8 Å². The van der Waals surface area contributed by atoms with Gasteiger partial charge in [0.05, 0.1) is 6.54 Å². The van der Waals surface area contributed by atoms with Gasteiger partial charge in [-0.15, -0.1) is 24.0 Å². The minimum Gasteiger partial charge on any atom is -0.491 e. The lowest BCUT2D eigenvalue weighted by Crippen LogP contribution is -2.40. The number of nitrogens with zero attached hydrogens (tertiary/aromatic N) is 2. The van der Waals surface area contributed by atoms with Crippen molar-refractivity contribution in [3.8, 4) is 5.75 Å². The van der Waals surface area contributed by atoms with Gasteiger partial charge in [-0.05, 0) is 37.6 Å². The van der Waals surface area contributed by atoms with E-state index in [9.17, 15) is 9.50 Å². The molecule has 0 heterocycles. The van der Waals surface area contributed by atoms with E-state index in [0.717, 1.165) is 31.9 Å². The molecule has 2 N–H and O–H groups in total. The molecule has 1 aromatic rings. The van der Waals surface area contributed by atoms with Crippen molar-refractivity contribution < 1.29 is 14.2 Å². The summed E-state index contributed by atoms with van der Waals surface area (Å²) in [6, 6.07) is 5.72. The van der Waals surface area contributed by atoms with E-state index in [1.165, 1.54) is 24.3 Å². The average Bonchev–Trinajstić information content (AvgIpc) is 2.55. The molecule has 1 aromatic carbocycles. The molecule has 24 heavy (non-hydrogen) atoms. The summed E-state index contributed by atoms with van der Waals surface area (Å²) in [5.74, 6) is 0.996. The average molecular weight is 453 g/mol. The number of unbranched alkanes of at least 4 members (excludes halogenated alkanes) is 1. The van der Waals surface area contributed by atoms with Crippen LogP contribution in [0.1, 0.15) is 26.7 Å². The summed E-state index contributed by atoms with van der Waals surface area (Å²) in [6.07, 6.45) is 1.50. The zero-order valence-corrected chi connectivity index (χ0v) is 17.0. The summed E-state index contributed by atoms with van der Waals surface area (Å²) in [5.41, 5.74) is 0. The fraction of sp³-hybridized carbons (Fsp3) is 0.588. The van der Waals surface area contributed by atoms with Crippen LogP contribution in [0.5, 0.6) is 5.75 Å². The van der Waals surface area contributed by atoms with Gasteiger partial charge in [-0.2, -0.15) is 0 Å². The Hall–Kier alpha value is -1.09. The Balaban J connectivity index is 0.00000529. The number of halogens is 2. The number of aliphatic imine (C=N–C) groups is 1. The Morgan fingerprint density at radius 1 is 1.33 bits per heavy atom. The minimum atomic E-state index is -0.715. The standard InChI is InChI=1S/C17H28FN3O2.HI/c1-4-6-11-21(3)17(19-5-2)20-12-15(22)13-23-16-9-7-14(18)8-10-16;/h7-10,15,22H,4-6,11-13H2,1-3H3,(H,19,20);1H. The van der Waals surface area contributed by atoms with Crippen LogP contribution in [0.2, 0.25) is 0 Å². The van der Waals surface area contributed by atoms with Gasteiger partial charge in [0.25, 0.3) is 0 Å². The molecule has 1 unspecified atom stereocenters. The first-order chi connectivity index (χ1) is 11.1. The van der Waals surface area contributed by atoms with Crippen LogP contribution < -0.4 is 10.1 Å². The second-order valence-electron chi connectivity index (χ2n) is 5.39. The van der Waals surface area contributed by atoms with Crippen LogP contribution in [0.25, 0.3) is 0 Å². The second-order valence-corrected chi connectivity index (χ2v) is 5.39. The zero-order chi connectivity index (χ0) is 17.1. The van der Waals surface area contributed by atoms with Gasteiger partial charge >= 0.3 is 0 Å². The lowest BCUT2D eigenvalue weighted by atomic mass is 10.3. The molecule has 0 aliphatic carbocycles. The summed E-state index contributed by atoms with van der Waals surface area (Å²) in [4.78, 5) is 6.49. The maximum Gasteiger partial charge on any atom is 0.193 e. The Morgan fingerprint density at radius 3 is 2.58 bits per heavy atom. The minimum absolute atomic E-state index is 0. The topological polar surface area (TPSA) is 57.1 Å². The molecule has 0 radical (unpaired) electrons. The van der Waals surface area contributed by atoms with Crippen LogP contribution in [-0.2, 0) is 0 Å². The van der Waals surface area contributed by atoms with Crippen molar-refractivity contribution in [1.82, 2.24) is 10.2 Å². The van der Waals surface area contributed by atoms with E-state index in [1.54, 1.807) is 0 Å². The number of rotatable bonds is 9. The first-order valence-corrected chi connectivity index (χ1v) is 8.12. The predicted molar refractivity (Wildman–Crippen MR) is 107 cm³/mol. The van der Waals surface area contributed by atoms with Gasteiger partial charge in [0.2, 0.25) is 0 Å². The molecular formula is C17H29FIN3O2. The lowest BCUT2D eigenvalue weighted by Gasteiger charge is -2.22. The highest BCUT2D eigenvalue weighted by molar-refractivity contribution is 14.0. The maximum absolute atomic E-state index is 12.8. The largest absolute Gasteiger partial charge is 0.491 e. The van der Waals surface area contributed by atoms with Crippen LogP contribution in [0, 0.1) is 5.82 Å². The Morgan fingerprint density at radius 2 is 2.00 bits per heavy atom. The van der Waals surface area contributed by atoms with Crippen molar-refractivity contribution in [1.29, 1.82) is 0 Å². The monoisotopic (exact) mass is 453 g/mol. The number of benzene rings is 1. The summed E-state index contributed by atoms with van der Waals surface area (Å²) in [7, 11) is 1.98. The number of ether oxygens (including phenoxy) is 1. The number of aliphatic hydroxyl groups is 1. The van der Waals surface area contributed by atoms with Crippen molar-refractivity contribution in [2.75, 3.05) is 33.3 Å².